The van der Waals surface area contributed by atoms with Gasteiger partial charge in [-0.15, -0.1) is 0 Å². The van der Waals surface area contributed by atoms with E-state index in [1.807, 2.05) is 18.3 Å². The Labute approximate surface area is 154 Å². The predicted molar refractivity (Wildman–Crippen MR) is 99.2 cm³/mol. The Morgan fingerprint density at radius 2 is 2.27 bits per heavy atom. The molecule has 5 heteroatoms. The SMILES string of the molecule is CCC12CN3CCC1CC3[C@H](c1ccnc3ccc(OCOC)cc13)O2. The summed E-state index contributed by atoms with van der Waals surface area (Å²) in [5, 5.41) is 1.13. The summed E-state index contributed by atoms with van der Waals surface area (Å²) in [5.74, 6) is 1.52. The van der Waals surface area contributed by atoms with Gasteiger partial charge in [-0.05, 0) is 61.6 Å². The van der Waals surface area contributed by atoms with Crippen molar-refractivity contribution in [3.63, 3.8) is 0 Å². The lowest BCUT2D eigenvalue weighted by Gasteiger charge is -2.64. The fourth-order valence-corrected chi connectivity index (χ4v) is 5.34. The molecule has 5 aliphatic rings. The molecular weight excluding hydrogens is 328 g/mol. The maximum atomic E-state index is 6.84. The van der Waals surface area contributed by atoms with Gasteiger partial charge >= 0.3 is 0 Å². The Kier molecular flexibility index (Phi) is 3.92. The molecule has 6 heterocycles. The second-order valence-corrected chi connectivity index (χ2v) is 7.85. The highest BCUT2D eigenvalue weighted by Crippen LogP contribution is 2.54. The molecule has 0 aliphatic carbocycles. The normalized spacial score (nSPS) is 35.2. The summed E-state index contributed by atoms with van der Waals surface area (Å²) < 4.78 is 17.5. The number of ether oxygens (including phenoxy) is 3. The van der Waals surface area contributed by atoms with Crippen molar-refractivity contribution in [2.24, 2.45) is 5.92 Å². The Morgan fingerprint density at radius 3 is 3.04 bits per heavy atom. The van der Waals surface area contributed by atoms with E-state index in [1.165, 1.54) is 24.9 Å². The Bertz CT molecular complexity index is 826. The summed E-state index contributed by atoms with van der Waals surface area (Å²) in [6, 6.07) is 8.66. The van der Waals surface area contributed by atoms with E-state index in [-0.39, 0.29) is 18.5 Å². The first-order valence-corrected chi connectivity index (χ1v) is 9.66. The molecule has 0 amide bonds. The van der Waals surface area contributed by atoms with Crippen LogP contribution in [0.5, 0.6) is 5.75 Å². The van der Waals surface area contributed by atoms with Crippen LogP contribution in [0.3, 0.4) is 0 Å². The molecule has 7 rings (SSSR count). The number of fused-ring (bicyclic) bond motifs is 3. The molecule has 4 unspecified atom stereocenters. The summed E-state index contributed by atoms with van der Waals surface area (Å²) >= 11 is 0. The number of pyridine rings is 1. The van der Waals surface area contributed by atoms with Gasteiger partial charge in [0.1, 0.15) is 5.75 Å². The third-order valence-electron chi connectivity index (χ3n) is 6.68. The van der Waals surface area contributed by atoms with Crippen molar-refractivity contribution < 1.29 is 14.2 Å². The highest BCUT2D eigenvalue weighted by atomic mass is 16.7. The van der Waals surface area contributed by atoms with Gasteiger partial charge in [-0.1, -0.05) is 6.92 Å². The number of rotatable bonds is 5. The second-order valence-electron chi connectivity index (χ2n) is 7.85. The summed E-state index contributed by atoms with van der Waals surface area (Å²) in [7, 11) is 1.63. The number of hydrogen-bond acceptors (Lipinski definition) is 5. The number of methoxy groups -OCH3 is 1. The maximum Gasteiger partial charge on any atom is 0.188 e. The van der Waals surface area contributed by atoms with Crippen LogP contribution < -0.4 is 4.74 Å². The van der Waals surface area contributed by atoms with Gasteiger partial charge in [-0.3, -0.25) is 9.88 Å². The van der Waals surface area contributed by atoms with Crippen molar-refractivity contribution in [3.8, 4) is 5.75 Å². The lowest BCUT2D eigenvalue weighted by Crippen LogP contribution is -2.70. The molecule has 4 bridgehead atoms. The molecule has 1 aromatic carbocycles. The molecular formula is C21H26N2O3. The van der Waals surface area contributed by atoms with E-state index in [4.69, 9.17) is 14.2 Å². The number of nitrogens with zero attached hydrogens (tertiary/aromatic N) is 2. The zero-order valence-electron chi connectivity index (χ0n) is 15.5. The highest BCUT2D eigenvalue weighted by molar-refractivity contribution is 5.84. The Morgan fingerprint density at radius 1 is 1.35 bits per heavy atom. The molecule has 1 aromatic heterocycles. The predicted octanol–water partition coefficient (Wildman–Crippen LogP) is 3.53. The zero-order valence-corrected chi connectivity index (χ0v) is 15.5. The van der Waals surface area contributed by atoms with E-state index in [0.29, 0.717) is 12.0 Å². The Hall–Kier alpha value is -1.69. The van der Waals surface area contributed by atoms with Crippen LogP contribution in [-0.2, 0) is 9.47 Å². The van der Waals surface area contributed by atoms with Gasteiger partial charge in [0, 0.05) is 31.3 Å². The van der Waals surface area contributed by atoms with Gasteiger partial charge < -0.3 is 14.2 Å². The minimum atomic E-state index is 0.0252. The second kappa shape index (κ2) is 6.19. The van der Waals surface area contributed by atoms with Crippen LogP contribution in [0, 0.1) is 5.92 Å². The number of hydrogen-bond donors (Lipinski definition) is 0. The number of morpholine rings is 1. The number of aromatic nitrogens is 1. The van der Waals surface area contributed by atoms with Crippen molar-refractivity contribution in [2.45, 2.75) is 43.9 Å². The standard InChI is InChI=1S/C21H26N2O3/c1-3-21-12-23-9-7-14(21)10-19(23)20(26-21)16-6-8-22-18-5-4-15(11-17(16)18)25-13-24-2/h4-6,8,11,14,19-20H,3,7,9-10,12-13H2,1-2H3/t14?,19?,20-,21?/m0/s1. The van der Waals surface area contributed by atoms with E-state index in [2.05, 4.69) is 28.9 Å². The molecule has 138 valence electrons. The highest BCUT2D eigenvalue weighted by Gasteiger charge is 2.58. The monoisotopic (exact) mass is 354 g/mol. The molecule has 5 nitrogen and oxygen atoms in total. The third kappa shape index (κ3) is 2.38. The minimum absolute atomic E-state index is 0.0252. The molecule has 0 N–H and O–H groups in total. The van der Waals surface area contributed by atoms with Crippen molar-refractivity contribution in [2.75, 3.05) is 27.0 Å². The van der Waals surface area contributed by atoms with Gasteiger partial charge in [-0.25, -0.2) is 0 Å². The summed E-state index contributed by atoms with van der Waals surface area (Å²) in [4.78, 5) is 7.21. The number of piperidine rings is 3. The smallest absolute Gasteiger partial charge is 0.188 e. The molecule has 5 aliphatic heterocycles. The summed E-state index contributed by atoms with van der Waals surface area (Å²) in [5.41, 5.74) is 2.26. The van der Waals surface area contributed by atoms with Crippen LogP contribution in [0.25, 0.3) is 10.9 Å². The van der Waals surface area contributed by atoms with Crippen LogP contribution in [-0.4, -0.2) is 48.5 Å². The van der Waals surface area contributed by atoms with Gasteiger partial charge in [0.2, 0.25) is 0 Å². The molecule has 26 heavy (non-hydrogen) atoms. The van der Waals surface area contributed by atoms with Crippen molar-refractivity contribution in [1.29, 1.82) is 0 Å². The third-order valence-corrected chi connectivity index (χ3v) is 6.68. The van der Waals surface area contributed by atoms with E-state index < -0.39 is 0 Å². The Balaban J connectivity index is 1.56. The van der Waals surface area contributed by atoms with Crippen LogP contribution in [0.15, 0.2) is 30.5 Å². The number of benzene rings is 1. The quantitative estimate of drug-likeness (QED) is 0.769. The zero-order chi connectivity index (χ0) is 17.7. The van der Waals surface area contributed by atoms with Gasteiger partial charge in [-0.2, -0.15) is 0 Å². The summed E-state index contributed by atoms with van der Waals surface area (Å²) in [6.45, 7) is 4.83. The van der Waals surface area contributed by atoms with E-state index >= 15 is 0 Å². The van der Waals surface area contributed by atoms with Crippen molar-refractivity contribution in [1.82, 2.24) is 9.88 Å². The average Bonchev–Trinajstić information content (AvgIpc) is 2.71. The fraction of sp³-hybridized carbons (Fsp3) is 0.571. The average molecular weight is 354 g/mol. The van der Waals surface area contributed by atoms with E-state index in [1.54, 1.807) is 7.11 Å². The van der Waals surface area contributed by atoms with Crippen LogP contribution >= 0.6 is 0 Å². The summed E-state index contributed by atoms with van der Waals surface area (Å²) in [6.07, 6.45) is 5.64. The molecule has 0 saturated carbocycles. The lowest BCUT2D eigenvalue weighted by atomic mass is 9.66. The van der Waals surface area contributed by atoms with E-state index in [0.717, 1.165) is 29.6 Å². The molecule has 0 spiro atoms. The first-order valence-electron chi connectivity index (χ1n) is 9.66. The molecule has 5 atom stereocenters. The topological polar surface area (TPSA) is 43.8 Å². The van der Waals surface area contributed by atoms with E-state index in [9.17, 15) is 0 Å². The minimum Gasteiger partial charge on any atom is -0.468 e. The molecule has 5 fully saturated rings. The van der Waals surface area contributed by atoms with Crippen molar-refractivity contribution in [3.05, 3.63) is 36.0 Å². The lowest BCUT2D eigenvalue weighted by molar-refractivity contribution is -0.274. The van der Waals surface area contributed by atoms with Crippen LogP contribution in [0.1, 0.15) is 37.9 Å². The van der Waals surface area contributed by atoms with Gasteiger partial charge in [0.05, 0.1) is 17.2 Å². The molecule has 2 aromatic rings. The van der Waals surface area contributed by atoms with Gasteiger partial charge in [0.15, 0.2) is 6.79 Å². The molecule has 0 radical (unpaired) electrons. The largest absolute Gasteiger partial charge is 0.468 e. The van der Waals surface area contributed by atoms with Crippen LogP contribution in [0.4, 0.5) is 0 Å². The van der Waals surface area contributed by atoms with Gasteiger partial charge in [0.25, 0.3) is 0 Å². The van der Waals surface area contributed by atoms with Crippen molar-refractivity contribution >= 4 is 10.9 Å². The first-order chi connectivity index (χ1) is 12.7. The molecule has 5 saturated heterocycles. The van der Waals surface area contributed by atoms with Crippen LogP contribution in [0.2, 0.25) is 0 Å². The first kappa shape index (κ1) is 16.5. The maximum absolute atomic E-state index is 6.84. The fourth-order valence-electron chi connectivity index (χ4n) is 5.34.